The Balaban J connectivity index is 2.08. The number of hydrogen-bond donors (Lipinski definition) is 2. The lowest BCUT2D eigenvalue weighted by atomic mass is 9.91. The summed E-state index contributed by atoms with van der Waals surface area (Å²) in [6, 6.07) is 22.9. The van der Waals surface area contributed by atoms with E-state index in [1.165, 1.54) is 19.2 Å². The largest absolute Gasteiger partial charge is 0.506 e. The van der Waals surface area contributed by atoms with Gasteiger partial charge in [0.15, 0.2) is 5.78 Å². The standard InChI is InChI=1S/C24H19NO4/c1-29-19-14-12-18(13-15-19)24(28)21(25)20(22(26)16-8-4-2-5-9-16)23(27)17-10-6-3-7-11-17/h2-15,25-26H,1H3/b22-20-,25-21?. The highest BCUT2D eigenvalue weighted by Crippen LogP contribution is 2.23. The highest BCUT2D eigenvalue weighted by Gasteiger charge is 2.27. The topological polar surface area (TPSA) is 87.5 Å². The van der Waals surface area contributed by atoms with Gasteiger partial charge in [-0.3, -0.25) is 15.0 Å². The zero-order valence-corrected chi connectivity index (χ0v) is 15.8. The molecule has 0 heterocycles. The number of methoxy groups -OCH3 is 1. The van der Waals surface area contributed by atoms with Crippen LogP contribution in [0.2, 0.25) is 0 Å². The van der Waals surface area contributed by atoms with Crippen molar-refractivity contribution in [3.05, 3.63) is 107 Å². The van der Waals surface area contributed by atoms with Crippen molar-refractivity contribution in [3.63, 3.8) is 0 Å². The molecule has 144 valence electrons. The van der Waals surface area contributed by atoms with Gasteiger partial charge in [-0.1, -0.05) is 60.7 Å². The molecule has 0 spiro atoms. The van der Waals surface area contributed by atoms with Crippen molar-refractivity contribution in [1.29, 1.82) is 5.41 Å². The third-order valence-electron chi connectivity index (χ3n) is 4.38. The number of ketones is 2. The maximum absolute atomic E-state index is 13.1. The number of hydrogen-bond acceptors (Lipinski definition) is 5. The van der Waals surface area contributed by atoms with Crippen LogP contribution in [0.25, 0.3) is 5.76 Å². The third kappa shape index (κ3) is 4.30. The molecule has 0 fully saturated rings. The summed E-state index contributed by atoms with van der Waals surface area (Å²) < 4.78 is 5.08. The average molecular weight is 385 g/mol. The molecule has 2 N–H and O–H groups in total. The molecule has 0 radical (unpaired) electrons. The minimum atomic E-state index is -0.672. The van der Waals surface area contributed by atoms with Gasteiger partial charge < -0.3 is 9.84 Å². The number of carbonyl (C=O) groups excluding carboxylic acids is 2. The molecule has 0 saturated heterocycles. The van der Waals surface area contributed by atoms with Gasteiger partial charge in [0.2, 0.25) is 5.78 Å². The number of carbonyl (C=O) groups is 2. The van der Waals surface area contributed by atoms with Gasteiger partial charge in [-0.15, -0.1) is 0 Å². The molecule has 3 aromatic carbocycles. The van der Waals surface area contributed by atoms with Crippen LogP contribution in [0.5, 0.6) is 5.75 Å². The van der Waals surface area contributed by atoms with E-state index in [1.807, 2.05) is 0 Å². The predicted octanol–water partition coefficient (Wildman–Crippen LogP) is 4.75. The lowest BCUT2D eigenvalue weighted by Crippen LogP contribution is -2.23. The number of benzene rings is 3. The van der Waals surface area contributed by atoms with Gasteiger partial charge in [0.05, 0.1) is 12.7 Å². The minimum absolute atomic E-state index is 0.218. The Morgan fingerprint density at radius 3 is 1.72 bits per heavy atom. The van der Waals surface area contributed by atoms with E-state index in [-0.39, 0.29) is 16.7 Å². The Kier molecular flexibility index (Phi) is 6.00. The molecule has 0 unspecified atom stereocenters. The first kappa shape index (κ1) is 19.8. The second-order valence-electron chi connectivity index (χ2n) is 6.22. The smallest absolute Gasteiger partial charge is 0.211 e. The molecule has 0 aliphatic heterocycles. The number of rotatable bonds is 7. The van der Waals surface area contributed by atoms with Crippen LogP contribution in [0, 0.1) is 5.41 Å². The summed E-state index contributed by atoms with van der Waals surface area (Å²) in [5, 5.41) is 19.2. The molecule has 0 atom stereocenters. The molecule has 0 aliphatic rings. The maximum atomic E-state index is 13.1. The van der Waals surface area contributed by atoms with Crippen LogP contribution < -0.4 is 4.74 Å². The molecular formula is C24H19NO4. The van der Waals surface area contributed by atoms with Gasteiger partial charge in [0.1, 0.15) is 17.2 Å². The first-order valence-electron chi connectivity index (χ1n) is 8.89. The third-order valence-corrected chi connectivity index (χ3v) is 4.38. The van der Waals surface area contributed by atoms with Gasteiger partial charge in [-0.25, -0.2) is 0 Å². The van der Waals surface area contributed by atoms with Crippen LogP contribution in [0.15, 0.2) is 90.5 Å². The number of allylic oxidation sites excluding steroid dienone is 1. The van der Waals surface area contributed by atoms with Crippen LogP contribution in [0.3, 0.4) is 0 Å². The Hall–Kier alpha value is -3.99. The summed E-state index contributed by atoms with van der Waals surface area (Å²) in [6.45, 7) is 0. The lowest BCUT2D eigenvalue weighted by molar-refractivity contribution is 0.102. The fourth-order valence-corrected chi connectivity index (χ4v) is 2.81. The number of ether oxygens (including phenoxy) is 1. The molecule has 5 nitrogen and oxygen atoms in total. The van der Waals surface area contributed by atoms with Crippen molar-refractivity contribution in [2.45, 2.75) is 0 Å². The summed E-state index contributed by atoms with van der Waals surface area (Å²) in [7, 11) is 1.51. The summed E-state index contributed by atoms with van der Waals surface area (Å²) in [5.74, 6) is -1.11. The normalized spacial score (nSPS) is 11.3. The SMILES string of the molecule is COc1ccc(C(=O)C(=N)/C(C(=O)c2ccccc2)=C(/O)c2ccccc2)cc1. The minimum Gasteiger partial charge on any atom is -0.506 e. The number of aliphatic hydroxyl groups excluding tert-OH is 1. The zero-order valence-electron chi connectivity index (χ0n) is 15.8. The van der Waals surface area contributed by atoms with Crippen LogP contribution in [0.1, 0.15) is 26.3 Å². The molecule has 0 amide bonds. The Morgan fingerprint density at radius 1 is 0.724 bits per heavy atom. The van der Waals surface area contributed by atoms with E-state index in [9.17, 15) is 14.7 Å². The Bertz CT molecular complexity index is 1070. The van der Waals surface area contributed by atoms with Crippen molar-refractivity contribution >= 4 is 23.0 Å². The Morgan fingerprint density at radius 2 is 1.21 bits per heavy atom. The van der Waals surface area contributed by atoms with Crippen LogP contribution in [-0.2, 0) is 0 Å². The van der Waals surface area contributed by atoms with Gasteiger partial charge in [0.25, 0.3) is 0 Å². The van der Waals surface area contributed by atoms with Crippen molar-refractivity contribution in [2.75, 3.05) is 7.11 Å². The molecule has 3 rings (SSSR count). The molecule has 0 bridgehead atoms. The number of nitrogens with one attached hydrogen (secondary N) is 1. The maximum Gasteiger partial charge on any atom is 0.211 e. The fraction of sp³-hybridized carbons (Fsp3) is 0.0417. The summed E-state index contributed by atoms with van der Waals surface area (Å²) >= 11 is 0. The van der Waals surface area contributed by atoms with Gasteiger partial charge >= 0.3 is 0 Å². The number of Topliss-reactive ketones (excluding diaryl/α,β-unsaturated/α-hetero) is 2. The zero-order chi connectivity index (χ0) is 20.8. The number of aliphatic hydroxyl groups is 1. The predicted molar refractivity (Wildman–Crippen MR) is 112 cm³/mol. The second-order valence-corrected chi connectivity index (χ2v) is 6.22. The first-order chi connectivity index (χ1) is 14.0. The fourth-order valence-electron chi connectivity index (χ4n) is 2.81. The van der Waals surface area contributed by atoms with Crippen LogP contribution in [0.4, 0.5) is 0 Å². The molecule has 0 aliphatic carbocycles. The average Bonchev–Trinajstić information content (AvgIpc) is 2.79. The van der Waals surface area contributed by atoms with Crippen molar-refractivity contribution in [1.82, 2.24) is 0 Å². The first-order valence-corrected chi connectivity index (χ1v) is 8.89. The molecule has 29 heavy (non-hydrogen) atoms. The molecule has 3 aromatic rings. The summed E-state index contributed by atoms with van der Waals surface area (Å²) in [4.78, 5) is 26.0. The second kappa shape index (κ2) is 8.80. The highest BCUT2D eigenvalue weighted by atomic mass is 16.5. The van der Waals surface area contributed by atoms with Crippen LogP contribution >= 0.6 is 0 Å². The van der Waals surface area contributed by atoms with E-state index >= 15 is 0 Å². The molecule has 0 saturated carbocycles. The Labute approximate surface area is 168 Å². The van der Waals surface area contributed by atoms with Crippen molar-refractivity contribution in [3.8, 4) is 5.75 Å². The van der Waals surface area contributed by atoms with E-state index in [4.69, 9.17) is 10.1 Å². The highest BCUT2D eigenvalue weighted by molar-refractivity contribution is 6.57. The summed E-state index contributed by atoms with van der Waals surface area (Å²) in [5.41, 5.74) is -0.0834. The van der Waals surface area contributed by atoms with Crippen LogP contribution in [-0.4, -0.2) is 29.5 Å². The van der Waals surface area contributed by atoms with E-state index in [0.29, 0.717) is 11.3 Å². The summed E-state index contributed by atoms with van der Waals surface area (Å²) in [6.07, 6.45) is 0. The van der Waals surface area contributed by atoms with Gasteiger partial charge in [0, 0.05) is 16.7 Å². The monoisotopic (exact) mass is 385 g/mol. The molecule has 5 heteroatoms. The van der Waals surface area contributed by atoms with E-state index in [0.717, 1.165) is 0 Å². The lowest BCUT2D eigenvalue weighted by Gasteiger charge is -2.12. The van der Waals surface area contributed by atoms with E-state index in [2.05, 4.69) is 0 Å². The van der Waals surface area contributed by atoms with Gasteiger partial charge in [-0.2, -0.15) is 0 Å². The van der Waals surface area contributed by atoms with E-state index < -0.39 is 23.0 Å². The molecule has 0 aromatic heterocycles. The van der Waals surface area contributed by atoms with Gasteiger partial charge in [-0.05, 0) is 24.3 Å². The quantitative estimate of drug-likeness (QED) is 0.266. The molecular weight excluding hydrogens is 366 g/mol. The van der Waals surface area contributed by atoms with E-state index in [1.54, 1.807) is 72.8 Å². The van der Waals surface area contributed by atoms with Crippen molar-refractivity contribution < 1.29 is 19.4 Å². The van der Waals surface area contributed by atoms with Crippen molar-refractivity contribution in [2.24, 2.45) is 0 Å².